The van der Waals surface area contributed by atoms with Gasteiger partial charge in [0, 0.05) is 33.7 Å². The molecule has 0 aliphatic carbocycles. The minimum Gasteiger partial charge on any atom is -0.353 e. The van der Waals surface area contributed by atoms with Crippen LogP contribution in [0.3, 0.4) is 0 Å². The topological polar surface area (TPSA) is 41.6 Å². The Morgan fingerprint density at radius 3 is 1.62 bits per heavy atom. The average molecular weight is 586 g/mol. The van der Waals surface area contributed by atoms with Crippen LogP contribution in [0.2, 0.25) is 0 Å². The first-order valence-corrected chi connectivity index (χ1v) is 15.8. The van der Waals surface area contributed by atoms with Gasteiger partial charge in [0.05, 0.1) is 28.1 Å². The van der Waals surface area contributed by atoms with Gasteiger partial charge >= 0.3 is 0 Å². The van der Waals surface area contributed by atoms with E-state index < -0.39 is 0 Å². The average Bonchev–Trinajstić information content (AvgIpc) is 3.43. The first kappa shape index (κ1) is 28.7. The third-order valence-corrected chi connectivity index (χ3v) is 8.78. The number of rotatable bonds is 4. The number of aromatic nitrogens is 3. The normalized spacial score (nSPS) is 12.2. The number of nitrogens with one attached hydrogen (secondary N) is 1. The summed E-state index contributed by atoms with van der Waals surface area (Å²) in [5.41, 5.74) is 13.3. The fraction of sp³-hybridized carbons (Fsp3) is 0.190. The highest BCUT2D eigenvalue weighted by Gasteiger charge is 2.23. The van der Waals surface area contributed by atoms with Crippen molar-refractivity contribution in [1.29, 1.82) is 0 Å². The predicted molar refractivity (Wildman–Crippen MR) is 191 cm³/mol. The second-order valence-corrected chi connectivity index (χ2v) is 14.1. The molecule has 0 aliphatic heterocycles. The number of hydrogen-bond donors (Lipinski definition) is 1. The van der Waals surface area contributed by atoms with Crippen LogP contribution in [0.25, 0.3) is 66.7 Å². The van der Waals surface area contributed by atoms with Gasteiger partial charge in [0.2, 0.25) is 0 Å². The SMILES string of the molecule is CC(C)(C)c1cc(-c2ccccn2)c2[nH]c3c(-c4cccc(-c5cccc(-c6ccccc6)c5)n4)cc(C(C)(C)C)cc3c2c1. The molecule has 0 aliphatic rings. The summed E-state index contributed by atoms with van der Waals surface area (Å²) in [5.74, 6) is 0. The van der Waals surface area contributed by atoms with Crippen molar-refractivity contribution in [2.45, 2.75) is 52.4 Å². The molecule has 0 bridgehead atoms. The van der Waals surface area contributed by atoms with Crippen molar-refractivity contribution in [2.75, 3.05) is 0 Å². The summed E-state index contributed by atoms with van der Waals surface area (Å²) in [6, 6.07) is 41.1. The molecule has 222 valence electrons. The Morgan fingerprint density at radius 2 is 1.00 bits per heavy atom. The lowest BCUT2D eigenvalue weighted by Gasteiger charge is -2.21. The summed E-state index contributed by atoms with van der Waals surface area (Å²) in [5, 5.41) is 2.44. The molecule has 0 fully saturated rings. The Balaban J connectivity index is 1.48. The molecule has 7 aromatic rings. The van der Waals surface area contributed by atoms with E-state index in [9.17, 15) is 0 Å². The van der Waals surface area contributed by atoms with Crippen LogP contribution in [-0.4, -0.2) is 15.0 Å². The molecule has 3 aromatic heterocycles. The van der Waals surface area contributed by atoms with Gasteiger partial charge < -0.3 is 4.98 Å². The van der Waals surface area contributed by atoms with Crippen molar-refractivity contribution < 1.29 is 0 Å². The quantitative estimate of drug-likeness (QED) is 0.223. The number of benzene rings is 4. The first-order valence-electron chi connectivity index (χ1n) is 15.8. The van der Waals surface area contributed by atoms with Crippen LogP contribution in [0, 0.1) is 0 Å². The van der Waals surface area contributed by atoms with E-state index in [4.69, 9.17) is 9.97 Å². The largest absolute Gasteiger partial charge is 0.353 e. The second kappa shape index (κ2) is 10.9. The molecule has 3 nitrogen and oxygen atoms in total. The lowest BCUT2D eigenvalue weighted by Crippen LogP contribution is -2.11. The van der Waals surface area contributed by atoms with Crippen LogP contribution in [0.5, 0.6) is 0 Å². The highest BCUT2D eigenvalue weighted by molar-refractivity contribution is 6.15. The van der Waals surface area contributed by atoms with Crippen molar-refractivity contribution in [3.8, 4) is 44.9 Å². The van der Waals surface area contributed by atoms with E-state index in [0.29, 0.717) is 0 Å². The van der Waals surface area contributed by atoms with Crippen molar-refractivity contribution in [1.82, 2.24) is 15.0 Å². The molecule has 45 heavy (non-hydrogen) atoms. The second-order valence-electron chi connectivity index (χ2n) is 14.1. The lowest BCUT2D eigenvalue weighted by atomic mass is 9.83. The van der Waals surface area contributed by atoms with Gasteiger partial charge in [-0.1, -0.05) is 102 Å². The van der Waals surface area contributed by atoms with Crippen LogP contribution in [-0.2, 0) is 10.8 Å². The number of nitrogens with zero attached hydrogens (tertiary/aromatic N) is 2. The Labute approximate surface area is 266 Å². The zero-order valence-corrected chi connectivity index (χ0v) is 26.9. The van der Waals surface area contributed by atoms with Gasteiger partial charge in [0.15, 0.2) is 0 Å². The minimum atomic E-state index is -0.0421. The third-order valence-electron chi connectivity index (χ3n) is 8.78. The summed E-state index contributed by atoms with van der Waals surface area (Å²) in [7, 11) is 0. The molecule has 0 saturated heterocycles. The van der Waals surface area contributed by atoms with Crippen LogP contribution in [0.15, 0.2) is 121 Å². The number of pyridine rings is 2. The van der Waals surface area contributed by atoms with Gasteiger partial charge in [0.25, 0.3) is 0 Å². The zero-order valence-electron chi connectivity index (χ0n) is 26.9. The molecule has 4 aromatic carbocycles. The standard InChI is InChI=1S/C42H39N3/c1-41(2,3)30-23-32-33-24-31(42(4,5)6)26-35(40(33)45-39(32)34(25-30)37-18-10-11-21-43-37)38-20-13-19-36(44-38)29-17-12-16-28(22-29)27-14-8-7-9-15-27/h7-26,45H,1-6H3. The van der Waals surface area contributed by atoms with E-state index in [1.807, 2.05) is 12.3 Å². The summed E-state index contributed by atoms with van der Waals surface area (Å²) in [4.78, 5) is 13.9. The summed E-state index contributed by atoms with van der Waals surface area (Å²) in [6.45, 7) is 13.7. The monoisotopic (exact) mass is 585 g/mol. The van der Waals surface area contributed by atoms with E-state index in [-0.39, 0.29) is 10.8 Å². The molecule has 0 amide bonds. The van der Waals surface area contributed by atoms with E-state index in [0.717, 1.165) is 44.8 Å². The van der Waals surface area contributed by atoms with E-state index in [1.54, 1.807) is 0 Å². The fourth-order valence-corrected chi connectivity index (χ4v) is 6.13. The van der Waals surface area contributed by atoms with Gasteiger partial charge in [-0.25, -0.2) is 4.98 Å². The molecule has 0 radical (unpaired) electrons. The molecular formula is C42H39N3. The summed E-state index contributed by atoms with van der Waals surface area (Å²) < 4.78 is 0. The Morgan fingerprint density at radius 1 is 0.467 bits per heavy atom. The third kappa shape index (κ3) is 5.44. The van der Waals surface area contributed by atoms with E-state index in [1.165, 1.54) is 33.0 Å². The van der Waals surface area contributed by atoms with Gasteiger partial charge in [-0.2, -0.15) is 0 Å². The predicted octanol–water partition coefficient (Wildman–Crippen LogP) is 11.4. The van der Waals surface area contributed by atoms with Crippen LogP contribution in [0.4, 0.5) is 0 Å². The molecule has 1 N–H and O–H groups in total. The van der Waals surface area contributed by atoms with Crippen LogP contribution < -0.4 is 0 Å². The molecular weight excluding hydrogens is 546 g/mol. The van der Waals surface area contributed by atoms with E-state index >= 15 is 0 Å². The number of aromatic amines is 1. The first-order chi connectivity index (χ1) is 21.6. The van der Waals surface area contributed by atoms with Crippen molar-refractivity contribution in [3.05, 3.63) is 133 Å². The van der Waals surface area contributed by atoms with Crippen LogP contribution >= 0.6 is 0 Å². The Hall–Kier alpha value is -5.02. The maximum atomic E-state index is 5.30. The van der Waals surface area contributed by atoms with Gasteiger partial charge in [-0.3, -0.25) is 4.98 Å². The molecule has 0 saturated carbocycles. The van der Waals surface area contributed by atoms with Gasteiger partial charge in [0.1, 0.15) is 0 Å². The highest BCUT2D eigenvalue weighted by atomic mass is 14.8. The molecule has 7 rings (SSSR count). The van der Waals surface area contributed by atoms with Gasteiger partial charge in [-0.05, 0) is 87.7 Å². The Kier molecular flexibility index (Phi) is 6.93. The molecule has 0 unspecified atom stereocenters. The van der Waals surface area contributed by atoms with E-state index in [2.05, 4.69) is 156 Å². The molecule has 3 heterocycles. The smallest absolute Gasteiger partial charge is 0.0730 e. The zero-order chi connectivity index (χ0) is 31.3. The fourth-order valence-electron chi connectivity index (χ4n) is 6.13. The minimum absolute atomic E-state index is 0.0179. The van der Waals surface area contributed by atoms with Crippen molar-refractivity contribution in [2.24, 2.45) is 0 Å². The number of H-pyrrole nitrogens is 1. The molecule has 0 spiro atoms. The lowest BCUT2D eigenvalue weighted by molar-refractivity contribution is 0.590. The highest BCUT2D eigenvalue weighted by Crippen LogP contribution is 2.42. The summed E-state index contributed by atoms with van der Waals surface area (Å²) in [6.07, 6.45) is 1.87. The molecule has 0 atom stereocenters. The maximum Gasteiger partial charge on any atom is 0.0730 e. The Bertz CT molecular complexity index is 2160. The number of hydrogen-bond acceptors (Lipinski definition) is 2. The summed E-state index contributed by atoms with van der Waals surface area (Å²) >= 11 is 0. The number of fused-ring (bicyclic) bond motifs is 3. The van der Waals surface area contributed by atoms with Crippen molar-refractivity contribution in [3.63, 3.8) is 0 Å². The maximum absolute atomic E-state index is 5.30. The molecule has 3 heteroatoms. The van der Waals surface area contributed by atoms with Crippen molar-refractivity contribution >= 4 is 21.8 Å². The van der Waals surface area contributed by atoms with Crippen LogP contribution in [0.1, 0.15) is 52.7 Å². The van der Waals surface area contributed by atoms with Gasteiger partial charge in [-0.15, -0.1) is 0 Å².